The molecule has 0 atom stereocenters. The van der Waals surface area contributed by atoms with Crippen LogP contribution in [-0.4, -0.2) is 62.3 Å². The first kappa shape index (κ1) is 20.0. The summed E-state index contributed by atoms with van der Waals surface area (Å²) in [6.45, 7) is 5.10. The summed E-state index contributed by atoms with van der Waals surface area (Å²) in [6.07, 6.45) is 12.3. The first-order valence-electron chi connectivity index (χ1n) is 11.5. The largest absolute Gasteiger partial charge is 0.496 e. The molecule has 0 radical (unpaired) electrons. The van der Waals surface area contributed by atoms with E-state index < -0.39 is 0 Å². The molecule has 2 aliphatic carbocycles. The van der Waals surface area contributed by atoms with Gasteiger partial charge in [0, 0.05) is 43.8 Å². The van der Waals surface area contributed by atoms with E-state index >= 15 is 0 Å². The van der Waals surface area contributed by atoms with E-state index in [4.69, 9.17) is 9.47 Å². The molecule has 28 heavy (non-hydrogen) atoms. The molecule has 1 aliphatic heterocycles. The average molecular weight is 387 g/mol. The van der Waals surface area contributed by atoms with Crippen molar-refractivity contribution in [3.63, 3.8) is 0 Å². The molecule has 0 spiro atoms. The number of ether oxygens (including phenoxy) is 2. The third kappa shape index (κ3) is 4.33. The number of nitrogens with zero attached hydrogens (tertiary/aromatic N) is 2. The van der Waals surface area contributed by atoms with Crippen LogP contribution in [-0.2, 0) is 0 Å². The zero-order valence-corrected chi connectivity index (χ0v) is 17.9. The molecule has 0 N–H and O–H groups in total. The summed E-state index contributed by atoms with van der Waals surface area (Å²) in [5.41, 5.74) is 1.29. The van der Waals surface area contributed by atoms with Crippen molar-refractivity contribution in [1.82, 2.24) is 9.80 Å². The van der Waals surface area contributed by atoms with Crippen molar-refractivity contribution in [3.05, 3.63) is 23.8 Å². The lowest BCUT2D eigenvalue weighted by Gasteiger charge is -2.45. The van der Waals surface area contributed by atoms with Gasteiger partial charge in [-0.3, -0.25) is 9.80 Å². The Morgan fingerprint density at radius 2 is 1.18 bits per heavy atom. The van der Waals surface area contributed by atoms with Crippen molar-refractivity contribution in [2.75, 3.05) is 40.4 Å². The minimum Gasteiger partial charge on any atom is -0.496 e. The maximum absolute atomic E-state index is 5.66. The Morgan fingerprint density at radius 1 is 0.679 bits per heavy atom. The molecular weight excluding hydrogens is 348 g/mol. The highest BCUT2D eigenvalue weighted by molar-refractivity contribution is 5.47. The Morgan fingerprint density at radius 3 is 1.68 bits per heavy atom. The lowest BCUT2D eigenvalue weighted by atomic mass is 9.80. The average Bonchev–Trinajstić information content (AvgIpc) is 2.79. The molecule has 1 aromatic rings. The summed E-state index contributed by atoms with van der Waals surface area (Å²) in [7, 11) is 3.55. The van der Waals surface area contributed by atoms with E-state index in [1.165, 1.54) is 89.5 Å². The van der Waals surface area contributed by atoms with Gasteiger partial charge in [0.15, 0.2) is 0 Å². The van der Waals surface area contributed by atoms with Crippen molar-refractivity contribution >= 4 is 0 Å². The number of hydrogen-bond donors (Lipinski definition) is 0. The zero-order chi connectivity index (χ0) is 19.3. The minimum absolute atomic E-state index is 0.561. The topological polar surface area (TPSA) is 24.9 Å². The fraction of sp³-hybridized carbons (Fsp3) is 0.750. The van der Waals surface area contributed by atoms with E-state index in [2.05, 4.69) is 21.9 Å². The molecule has 0 unspecified atom stereocenters. The SMILES string of the molecule is COc1cccc(OC)c1C1CCC(N2CCN(C3CCCCC3)CC2)CC1. The number of piperazine rings is 1. The van der Waals surface area contributed by atoms with Gasteiger partial charge < -0.3 is 9.47 Å². The molecule has 1 heterocycles. The zero-order valence-electron chi connectivity index (χ0n) is 17.9. The number of methoxy groups -OCH3 is 2. The van der Waals surface area contributed by atoms with Gasteiger partial charge in [-0.15, -0.1) is 0 Å². The van der Waals surface area contributed by atoms with E-state index in [1.54, 1.807) is 14.2 Å². The summed E-state index contributed by atoms with van der Waals surface area (Å²) >= 11 is 0. The smallest absolute Gasteiger partial charge is 0.126 e. The van der Waals surface area contributed by atoms with Gasteiger partial charge in [0.1, 0.15) is 11.5 Å². The van der Waals surface area contributed by atoms with E-state index in [-0.39, 0.29) is 0 Å². The lowest BCUT2D eigenvalue weighted by Crippen LogP contribution is -2.53. The quantitative estimate of drug-likeness (QED) is 0.733. The Bertz CT molecular complexity index is 591. The van der Waals surface area contributed by atoms with Crippen LogP contribution in [0.1, 0.15) is 69.3 Å². The highest BCUT2D eigenvalue weighted by Crippen LogP contribution is 2.43. The van der Waals surface area contributed by atoms with Crippen LogP contribution in [0.25, 0.3) is 0 Å². The second kappa shape index (κ2) is 9.49. The molecule has 2 saturated carbocycles. The van der Waals surface area contributed by atoms with Gasteiger partial charge in [-0.2, -0.15) is 0 Å². The fourth-order valence-electron chi connectivity index (χ4n) is 5.93. The summed E-state index contributed by atoms with van der Waals surface area (Å²) < 4.78 is 11.3. The Kier molecular flexibility index (Phi) is 6.79. The Hall–Kier alpha value is -1.26. The van der Waals surface area contributed by atoms with Crippen LogP contribution in [0.2, 0.25) is 0 Å². The first-order valence-corrected chi connectivity index (χ1v) is 11.5. The van der Waals surface area contributed by atoms with Crippen LogP contribution >= 0.6 is 0 Å². The molecule has 0 aromatic heterocycles. The van der Waals surface area contributed by atoms with Crippen molar-refractivity contribution in [1.29, 1.82) is 0 Å². The highest BCUT2D eigenvalue weighted by atomic mass is 16.5. The summed E-state index contributed by atoms with van der Waals surface area (Å²) in [5.74, 6) is 2.54. The second-order valence-corrected chi connectivity index (χ2v) is 8.95. The van der Waals surface area contributed by atoms with Gasteiger partial charge in [-0.05, 0) is 56.6 Å². The van der Waals surface area contributed by atoms with Crippen LogP contribution in [0.3, 0.4) is 0 Å². The van der Waals surface area contributed by atoms with E-state index in [1.807, 2.05) is 6.07 Å². The normalized spacial score (nSPS) is 28.2. The van der Waals surface area contributed by atoms with Gasteiger partial charge in [0.05, 0.1) is 14.2 Å². The van der Waals surface area contributed by atoms with Crippen molar-refractivity contribution < 1.29 is 9.47 Å². The van der Waals surface area contributed by atoms with Gasteiger partial charge >= 0.3 is 0 Å². The Labute approximate surface area is 171 Å². The molecule has 3 aliphatic rings. The van der Waals surface area contributed by atoms with Crippen LogP contribution in [0.15, 0.2) is 18.2 Å². The Balaban J connectivity index is 1.30. The van der Waals surface area contributed by atoms with E-state index in [0.717, 1.165) is 23.6 Å². The van der Waals surface area contributed by atoms with Crippen molar-refractivity contribution in [3.8, 4) is 11.5 Å². The van der Waals surface area contributed by atoms with Crippen molar-refractivity contribution in [2.45, 2.75) is 75.8 Å². The molecular formula is C24H38N2O2. The number of hydrogen-bond acceptors (Lipinski definition) is 4. The third-order valence-electron chi connectivity index (χ3n) is 7.53. The molecule has 1 aromatic carbocycles. The van der Waals surface area contributed by atoms with Gasteiger partial charge in [0.2, 0.25) is 0 Å². The van der Waals surface area contributed by atoms with Crippen LogP contribution in [0.5, 0.6) is 11.5 Å². The van der Waals surface area contributed by atoms with Gasteiger partial charge in [-0.1, -0.05) is 25.3 Å². The predicted molar refractivity (Wildman–Crippen MR) is 115 cm³/mol. The number of benzene rings is 1. The molecule has 4 nitrogen and oxygen atoms in total. The summed E-state index contributed by atoms with van der Waals surface area (Å²) in [4.78, 5) is 5.58. The van der Waals surface area contributed by atoms with Gasteiger partial charge in [0.25, 0.3) is 0 Å². The van der Waals surface area contributed by atoms with Crippen molar-refractivity contribution in [2.24, 2.45) is 0 Å². The van der Waals surface area contributed by atoms with Crippen LogP contribution in [0.4, 0.5) is 0 Å². The van der Waals surface area contributed by atoms with Crippen LogP contribution in [0, 0.1) is 0 Å². The standard InChI is InChI=1S/C24H38N2O2/c1-27-22-9-6-10-23(28-2)24(22)19-11-13-21(14-12-19)26-17-15-25(16-18-26)20-7-4-3-5-8-20/h6,9-10,19-21H,3-5,7-8,11-18H2,1-2H3. The molecule has 1 saturated heterocycles. The lowest BCUT2D eigenvalue weighted by molar-refractivity contribution is 0.0444. The maximum atomic E-state index is 5.66. The molecule has 4 heteroatoms. The summed E-state index contributed by atoms with van der Waals surface area (Å²) in [6, 6.07) is 7.83. The third-order valence-corrected chi connectivity index (χ3v) is 7.53. The highest BCUT2D eigenvalue weighted by Gasteiger charge is 2.32. The van der Waals surface area contributed by atoms with Crippen LogP contribution < -0.4 is 9.47 Å². The first-order chi connectivity index (χ1) is 13.8. The molecule has 0 bridgehead atoms. The predicted octanol–water partition coefficient (Wildman–Crippen LogP) is 4.68. The maximum Gasteiger partial charge on any atom is 0.126 e. The molecule has 0 amide bonds. The fourth-order valence-corrected chi connectivity index (χ4v) is 5.93. The molecule has 156 valence electrons. The second-order valence-electron chi connectivity index (χ2n) is 8.95. The van der Waals surface area contributed by atoms with E-state index in [9.17, 15) is 0 Å². The monoisotopic (exact) mass is 386 g/mol. The van der Waals surface area contributed by atoms with E-state index in [0.29, 0.717) is 5.92 Å². The minimum atomic E-state index is 0.561. The molecule has 4 rings (SSSR count). The number of rotatable bonds is 5. The van der Waals surface area contributed by atoms with Gasteiger partial charge in [-0.25, -0.2) is 0 Å². The molecule has 3 fully saturated rings. The summed E-state index contributed by atoms with van der Waals surface area (Å²) in [5, 5.41) is 0.